The number of alkyl carbamates (subject to hydrolysis) is 1. The maximum atomic E-state index is 11.5. The molecule has 1 aliphatic carbocycles. The molecule has 1 N–H and O–H groups in total. The molecule has 96 valence electrons. The van der Waals surface area contributed by atoms with Gasteiger partial charge in [-0.1, -0.05) is 12.2 Å². The third kappa shape index (κ3) is 4.46. The lowest BCUT2D eigenvalue weighted by atomic mass is 10.1. The molecule has 0 bridgehead atoms. The van der Waals surface area contributed by atoms with E-state index in [1.807, 2.05) is 0 Å². The van der Waals surface area contributed by atoms with Crippen molar-refractivity contribution in [3.05, 3.63) is 12.2 Å². The fraction of sp³-hybridized carbons (Fsp3) is 0.667. The lowest BCUT2D eigenvalue weighted by Gasteiger charge is -2.21. The van der Waals surface area contributed by atoms with E-state index in [9.17, 15) is 9.59 Å². The van der Waals surface area contributed by atoms with Gasteiger partial charge in [0.25, 0.3) is 0 Å². The summed E-state index contributed by atoms with van der Waals surface area (Å²) in [6.07, 6.45) is 3.57. The van der Waals surface area contributed by atoms with Crippen molar-refractivity contribution in [1.29, 1.82) is 0 Å². The van der Waals surface area contributed by atoms with Gasteiger partial charge in [0, 0.05) is 0 Å². The number of hydrogen-bond donors (Lipinski definition) is 1. The van der Waals surface area contributed by atoms with Gasteiger partial charge in [-0.25, -0.2) is 4.79 Å². The SMILES string of the molecule is COC(=O)[C@H]1C=C[C@H](NC(=O)OC(C)(C)C)C1. The molecule has 5 heteroatoms. The summed E-state index contributed by atoms with van der Waals surface area (Å²) in [5.74, 6) is -0.560. The van der Waals surface area contributed by atoms with Crippen LogP contribution in [-0.2, 0) is 14.3 Å². The molecule has 0 aromatic carbocycles. The van der Waals surface area contributed by atoms with Gasteiger partial charge in [0.15, 0.2) is 0 Å². The normalized spacial score (nSPS) is 23.3. The number of carbonyl (C=O) groups is 2. The van der Waals surface area contributed by atoms with E-state index in [2.05, 4.69) is 10.1 Å². The van der Waals surface area contributed by atoms with Crippen LogP contribution in [0.25, 0.3) is 0 Å². The minimum atomic E-state index is -0.520. The molecule has 1 aliphatic rings. The first kappa shape index (κ1) is 13.5. The predicted molar refractivity (Wildman–Crippen MR) is 62.4 cm³/mol. The average Bonchev–Trinajstić information content (AvgIpc) is 2.62. The summed E-state index contributed by atoms with van der Waals surface area (Å²) < 4.78 is 9.76. The Kier molecular flexibility index (Phi) is 4.15. The monoisotopic (exact) mass is 241 g/mol. The number of rotatable bonds is 2. The summed E-state index contributed by atoms with van der Waals surface area (Å²) in [5, 5.41) is 2.69. The molecule has 0 fully saturated rings. The second kappa shape index (κ2) is 5.21. The van der Waals surface area contributed by atoms with Gasteiger partial charge < -0.3 is 14.8 Å². The summed E-state index contributed by atoms with van der Waals surface area (Å²) in [6.45, 7) is 5.40. The van der Waals surface area contributed by atoms with E-state index in [1.54, 1.807) is 32.9 Å². The van der Waals surface area contributed by atoms with Gasteiger partial charge in [0.05, 0.1) is 19.1 Å². The standard InChI is InChI=1S/C12H19NO4/c1-12(2,3)17-11(15)13-9-6-5-8(7-9)10(14)16-4/h5-6,8-9H,7H2,1-4H3,(H,13,15)/t8-,9-/m0/s1. The summed E-state index contributed by atoms with van der Waals surface area (Å²) in [7, 11) is 1.35. The minimum Gasteiger partial charge on any atom is -0.469 e. The molecule has 0 spiro atoms. The van der Waals surface area contributed by atoms with Crippen LogP contribution in [0.5, 0.6) is 0 Å². The van der Waals surface area contributed by atoms with Crippen molar-refractivity contribution < 1.29 is 19.1 Å². The van der Waals surface area contributed by atoms with Gasteiger partial charge in [0.2, 0.25) is 0 Å². The van der Waals surface area contributed by atoms with Crippen LogP contribution in [0.1, 0.15) is 27.2 Å². The largest absolute Gasteiger partial charge is 0.469 e. The molecule has 0 unspecified atom stereocenters. The number of hydrogen-bond acceptors (Lipinski definition) is 4. The molecule has 0 radical (unpaired) electrons. The summed E-state index contributed by atoms with van der Waals surface area (Å²) in [5.41, 5.74) is -0.520. The van der Waals surface area contributed by atoms with E-state index >= 15 is 0 Å². The maximum absolute atomic E-state index is 11.5. The van der Waals surface area contributed by atoms with Gasteiger partial charge in [0.1, 0.15) is 5.60 Å². The molecule has 0 saturated heterocycles. The summed E-state index contributed by atoms with van der Waals surface area (Å²) in [6, 6.07) is -0.172. The average molecular weight is 241 g/mol. The highest BCUT2D eigenvalue weighted by Gasteiger charge is 2.27. The molecule has 0 aromatic heterocycles. The second-order valence-corrected chi connectivity index (χ2v) is 5.00. The number of methoxy groups -OCH3 is 1. The van der Waals surface area contributed by atoms with E-state index < -0.39 is 11.7 Å². The number of esters is 1. The Morgan fingerprint density at radius 2 is 1.94 bits per heavy atom. The Hall–Kier alpha value is -1.52. The highest BCUT2D eigenvalue weighted by Crippen LogP contribution is 2.19. The second-order valence-electron chi connectivity index (χ2n) is 5.00. The third-order valence-electron chi connectivity index (χ3n) is 2.29. The van der Waals surface area contributed by atoms with Crippen molar-refractivity contribution in [2.45, 2.75) is 38.8 Å². The molecular formula is C12H19NO4. The first-order valence-corrected chi connectivity index (χ1v) is 5.57. The van der Waals surface area contributed by atoms with Crippen molar-refractivity contribution in [2.24, 2.45) is 5.92 Å². The fourth-order valence-electron chi connectivity index (χ4n) is 1.59. The Labute approximate surface area is 101 Å². The van der Waals surface area contributed by atoms with Crippen LogP contribution in [-0.4, -0.2) is 30.8 Å². The van der Waals surface area contributed by atoms with Crippen LogP contribution in [0, 0.1) is 5.92 Å². The van der Waals surface area contributed by atoms with Crippen LogP contribution < -0.4 is 5.32 Å². The lowest BCUT2D eigenvalue weighted by Crippen LogP contribution is -2.38. The van der Waals surface area contributed by atoms with Crippen molar-refractivity contribution >= 4 is 12.1 Å². The van der Waals surface area contributed by atoms with Gasteiger partial charge in [-0.3, -0.25) is 4.79 Å². The van der Waals surface area contributed by atoms with Crippen LogP contribution in [0.3, 0.4) is 0 Å². The van der Waals surface area contributed by atoms with E-state index in [1.165, 1.54) is 7.11 Å². The van der Waals surface area contributed by atoms with E-state index in [-0.39, 0.29) is 17.9 Å². The molecule has 1 rings (SSSR count). The summed E-state index contributed by atoms with van der Waals surface area (Å²) in [4.78, 5) is 22.7. The molecule has 0 aliphatic heterocycles. The molecular weight excluding hydrogens is 222 g/mol. The first-order valence-electron chi connectivity index (χ1n) is 5.57. The van der Waals surface area contributed by atoms with Gasteiger partial charge in [-0.2, -0.15) is 0 Å². The quantitative estimate of drug-likeness (QED) is 0.589. The Morgan fingerprint density at radius 1 is 1.29 bits per heavy atom. The molecule has 5 nitrogen and oxygen atoms in total. The van der Waals surface area contributed by atoms with Crippen molar-refractivity contribution in [2.75, 3.05) is 7.11 Å². The van der Waals surface area contributed by atoms with E-state index in [0.717, 1.165) is 0 Å². The molecule has 0 heterocycles. The number of nitrogens with one attached hydrogen (secondary N) is 1. The number of amides is 1. The van der Waals surface area contributed by atoms with Gasteiger partial charge in [-0.05, 0) is 27.2 Å². The third-order valence-corrected chi connectivity index (χ3v) is 2.29. The zero-order valence-corrected chi connectivity index (χ0v) is 10.6. The Balaban J connectivity index is 2.39. The molecule has 0 aromatic rings. The van der Waals surface area contributed by atoms with E-state index in [0.29, 0.717) is 6.42 Å². The number of ether oxygens (including phenoxy) is 2. The topological polar surface area (TPSA) is 64.6 Å². The lowest BCUT2D eigenvalue weighted by molar-refractivity contribution is -0.143. The zero-order valence-electron chi connectivity index (χ0n) is 10.6. The molecule has 2 atom stereocenters. The van der Waals surface area contributed by atoms with Crippen molar-refractivity contribution in [3.8, 4) is 0 Å². The highest BCUT2D eigenvalue weighted by molar-refractivity contribution is 5.75. The predicted octanol–water partition coefficient (Wildman–Crippen LogP) is 1.63. The molecule has 1 amide bonds. The smallest absolute Gasteiger partial charge is 0.408 e. The van der Waals surface area contributed by atoms with Crippen molar-refractivity contribution in [3.63, 3.8) is 0 Å². The fourth-order valence-corrected chi connectivity index (χ4v) is 1.59. The van der Waals surface area contributed by atoms with E-state index in [4.69, 9.17) is 4.74 Å². The van der Waals surface area contributed by atoms with Crippen LogP contribution in [0.15, 0.2) is 12.2 Å². The van der Waals surface area contributed by atoms with Crippen LogP contribution >= 0.6 is 0 Å². The highest BCUT2D eigenvalue weighted by atomic mass is 16.6. The van der Waals surface area contributed by atoms with Gasteiger partial charge >= 0.3 is 12.1 Å². The van der Waals surface area contributed by atoms with Gasteiger partial charge in [-0.15, -0.1) is 0 Å². The zero-order chi connectivity index (χ0) is 13.1. The minimum absolute atomic E-state index is 0.172. The molecule has 17 heavy (non-hydrogen) atoms. The Morgan fingerprint density at radius 3 is 2.47 bits per heavy atom. The van der Waals surface area contributed by atoms with Crippen molar-refractivity contribution in [1.82, 2.24) is 5.32 Å². The Bertz CT molecular complexity index is 330. The summed E-state index contributed by atoms with van der Waals surface area (Å²) >= 11 is 0. The van der Waals surface area contributed by atoms with Crippen LogP contribution in [0.4, 0.5) is 4.79 Å². The molecule has 0 saturated carbocycles. The number of carbonyl (C=O) groups excluding carboxylic acids is 2. The van der Waals surface area contributed by atoms with Crippen LogP contribution in [0.2, 0.25) is 0 Å². The maximum Gasteiger partial charge on any atom is 0.408 e. The first-order chi connectivity index (χ1) is 7.81.